The zero-order valence-corrected chi connectivity index (χ0v) is 26.4. The first-order valence-corrected chi connectivity index (χ1v) is 15.7. The van der Waals surface area contributed by atoms with Crippen molar-refractivity contribution in [2.45, 2.75) is 64.9 Å². The van der Waals surface area contributed by atoms with Gasteiger partial charge in [-0.2, -0.15) is 0 Å². The maximum absolute atomic E-state index is 14.1. The second kappa shape index (κ2) is 14.2. The van der Waals surface area contributed by atoms with Crippen molar-refractivity contribution in [2.24, 2.45) is 0 Å². The van der Waals surface area contributed by atoms with Gasteiger partial charge < -0.3 is 10.2 Å². The number of benzene rings is 3. The largest absolute Gasteiger partial charge is 0.354 e. The summed E-state index contributed by atoms with van der Waals surface area (Å²) in [6.45, 7) is 9.25. The molecule has 0 saturated heterocycles. The van der Waals surface area contributed by atoms with Crippen molar-refractivity contribution < 1.29 is 18.0 Å². The van der Waals surface area contributed by atoms with Crippen LogP contribution in [0.1, 0.15) is 48.9 Å². The van der Waals surface area contributed by atoms with Crippen LogP contribution >= 0.6 is 23.2 Å². The summed E-state index contributed by atoms with van der Waals surface area (Å²) < 4.78 is 29.1. The van der Waals surface area contributed by atoms with Gasteiger partial charge in [-0.1, -0.05) is 78.0 Å². The molecule has 1 N–H and O–H groups in total. The molecule has 0 fully saturated rings. The van der Waals surface area contributed by atoms with Gasteiger partial charge in [-0.05, 0) is 75.6 Å². The third-order valence-electron chi connectivity index (χ3n) is 6.84. The highest BCUT2D eigenvalue weighted by Gasteiger charge is 2.33. The lowest BCUT2D eigenvalue weighted by atomic mass is 10.1. The number of rotatable bonds is 12. The minimum Gasteiger partial charge on any atom is -0.354 e. The number of amides is 2. The molecule has 3 aromatic carbocycles. The molecule has 0 aliphatic heterocycles. The number of aryl methyl sites for hydroxylation is 3. The zero-order valence-electron chi connectivity index (χ0n) is 24.1. The summed E-state index contributed by atoms with van der Waals surface area (Å²) in [5.74, 6) is -0.865. The highest BCUT2D eigenvalue weighted by molar-refractivity contribution is 7.92. The number of hydrogen-bond donors (Lipinski definition) is 1. The molecule has 2 amide bonds. The van der Waals surface area contributed by atoms with Crippen molar-refractivity contribution in [1.29, 1.82) is 0 Å². The van der Waals surface area contributed by atoms with E-state index in [1.165, 1.54) is 17.0 Å². The molecule has 0 aromatic heterocycles. The first-order valence-electron chi connectivity index (χ1n) is 13.5. The molecule has 7 nitrogen and oxygen atoms in total. The monoisotopic (exact) mass is 617 g/mol. The summed E-state index contributed by atoms with van der Waals surface area (Å²) >= 11 is 12.3. The number of carbonyl (C=O) groups is 2. The lowest BCUT2D eigenvalue weighted by Gasteiger charge is -2.32. The third-order valence-corrected chi connectivity index (χ3v) is 9.36. The molecule has 0 aliphatic carbocycles. The minimum absolute atomic E-state index is 0.0311. The smallest absolute Gasteiger partial charge is 0.264 e. The standard InChI is InChI=1S/C31H37Cl2N3O4S/c1-6-7-16-34-31(38)24(5)35(19-25-11-14-27(32)28(33)18-25)30(37)20-36(29-15-10-22(3)17-23(29)4)41(39,40)26-12-8-21(2)9-13-26/h8-15,17-18,24H,6-7,16,19-20H2,1-5H3,(H,34,38)/t24-/m1/s1. The first kappa shape index (κ1) is 32.4. The Kier molecular flexibility index (Phi) is 11.2. The summed E-state index contributed by atoms with van der Waals surface area (Å²) in [7, 11) is -4.14. The van der Waals surface area contributed by atoms with E-state index in [9.17, 15) is 18.0 Å². The van der Waals surface area contributed by atoms with Crippen LogP contribution in [0, 0.1) is 20.8 Å². The molecule has 3 aromatic rings. The first-order chi connectivity index (χ1) is 19.3. The Morgan fingerprint density at radius 2 is 1.56 bits per heavy atom. The molecule has 41 heavy (non-hydrogen) atoms. The second-order valence-corrected chi connectivity index (χ2v) is 12.9. The van der Waals surface area contributed by atoms with Crippen LogP contribution < -0.4 is 9.62 Å². The minimum atomic E-state index is -4.14. The normalized spacial score (nSPS) is 12.1. The molecule has 0 aliphatic rings. The number of hydrogen-bond acceptors (Lipinski definition) is 4. The number of halogens is 2. The highest BCUT2D eigenvalue weighted by atomic mass is 35.5. The van der Waals surface area contributed by atoms with Crippen molar-refractivity contribution in [3.8, 4) is 0 Å². The number of sulfonamides is 1. The van der Waals surface area contributed by atoms with Crippen LogP contribution in [0.15, 0.2) is 65.6 Å². The predicted molar refractivity (Wildman–Crippen MR) is 166 cm³/mol. The molecule has 0 heterocycles. The molecule has 1 atom stereocenters. The van der Waals surface area contributed by atoms with Crippen LogP contribution in [-0.2, 0) is 26.2 Å². The SMILES string of the molecule is CCCCNC(=O)[C@@H](C)N(Cc1ccc(Cl)c(Cl)c1)C(=O)CN(c1ccc(C)cc1C)S(=O)(=O)c1ccc(C)cc1. The third kappa shape index (κ3) is 8.24. The molecule has 220 valence electrons. The van der Waals surface area contributed by atoms with Crippen molar-refractivity contribution >= 4 is 50.7 Å². The lowest BCUT2D eigenvalue weighted by Crippen LogP contribution is -2.51. The van der Waals surface area contributed by atoms with E-state index >= 15 is 0 Å². The second-order valence-electron chi connectivity index (χ2n) is 10.2. The highest BCUT2D eigenvalue weighted by Crippen LogP contribution is 2.29. The molecule has 0 spiro atoms. The predicted octanol–water partition coefficient (Wildman–Crippen LogP) is 6.45. The average molecular weight is 619 g/mol. The molecular formula is C31H37Cl2N3O4S. The number of nitrogens with zero attached hydrogens (tertiary/aromatic N) is 2. The Bertz CT molecular complexity index is 1490. The molecule has 0 radical (unpaired) electrons. The maximum atomic E-state index is 14.1. The molecule has 0 saturated carbocycles. The van der Waals surface area contributed by atoms with Gasteiger partial charge >= 0.3 is 0 Å². The van der Waals surface area contributed by atoms with E-state index in [-0.39, 0.29) is 17.3 Å². The van der Waals surface area contributed by atoms with Crippen molar-refractivity contribution in [2.75, 3.05) is 17.4 Å². The van der Waals surface area contributed by atoms with Gasteiger partial charge in [0.05, 0.1) is 20.6 Å². The van der Waals surface area contributed by atoms with Crippen LogP contribution in [0.4, 0.5) is 5.69 Å². The zero-order chi connectivity index (χ0) is 30.3. The summed E-state index contributed by atoms with van der Waals surface area (Å²) in [6, 6.07) is 16.0. The Hall–Kier alpha value is -3.07. The number of unbranched alkanes of at least 4 members (excludes halogenated alkanes) is 1. The van der Waals surface area contributed by atoms with Crippen molar-refractivity contribution in [3.63, 3.8) is 0 Å². The van der Waals surface area contributed by atoms with Crippen LogP contribution in [0.25, 0.3) is 0 Å². The quantitative estimate of drug-likeness (QED) is 0.237. The molecule has 10 heteroatoms. The van der Waals surface area contributed by atoms with Gasteiger partial charge in [-0.25, -0.2) is 8.42 Å². The number of anilines is 1. The van der Waals surface area contributed by atoms with Crippen LogP contribution in [0.5, 0.6) is 0 Å². The van der Waals surface area contributed by atoms with Gasteiger partial charge in [0.15, 0.2) is 0 Å². The van der Waals surface area contributed by atoms with Gasteiger partial charge in [0.25, 0.3) is 10.0 Å². The fourth-order valence-electron chi connectivity index (χ4n) is 4.39. The van der Waals surface area contributed by atoms with E-state index in [2.05, 4.69) is 5.32 Å². The fourth-order valence-corrected chi connectivity index (χ4v) is 6.19. The molecule has 3 rings (SSSR count). The van der Waals surface area contributed by atoms with Gasteiger partial charge in [-0.3, -0.25) is 13.9 Å². The summed E-state index contributed by atoms with van der Waals surface area (Å²) in [5, 5.41) is 3.55. The van der Waals surface area contributed by atoms with E-state index in [1.807, 2.05) is 39.8 Å². The van der Waals surface area contributed by atoms with E-state index in [4.69, 9.17) is 23.2 Å². The van der Waals surface area contributed by atoms with E-state index in [0.717, 1.165) is 28.3 Å². The molecular weight excluding hydrogens is 581 g/mol. The van der Waals surface area contributed by atoms with Crippen molar-refractivity contribution in [1.82, 2.24) is 10.2 Å². The topological polar surface area (TPSA) is 86.8 Å². The average Bonchev–Trinajstić information content (AvgIpc) is 2.92. The van der Waals surface area contributed by atoms with Gasteiger partial charge in [-0.15, -0.1) is 0 Å². The maximum Gasteiger partial charge on any atom is 0.264 e. The Balaban J connectivity index is 2.05. The number of carbonyl (C=O) groups excluding carboxylic acids is 2. The number of nitrogens with one attached hydrogen (secondary N) is 1. The molecule has 0 unspecified atom stereocenters. The van der Waals surface area contributed by atoms with Gasteiger partial charge in [0.1, 0.15) is 12.6 Å². The summed E-state index contributed by atoms with van der Waals surface area (Å²) in [6.07, 6.45) is 1.71. The van der Waals surface area contributed by atoms with E-state index in [1.54, 1.807) is 43.3 Å². The van der Waals surface area contributed by atoms with Crippen molar-refractivity contribution in [3.05, 3.63) is 93.0 Å². The van der Waals surface area contributed by atoms with Crippen LogP contribution in [0.3, 0.4) is 0 Å². The Morgan fingerprint density at radius 3 is 2.17 bits per heavy atom. The summed E-state index contributed by atoms with van der Waals surface area (Å²) in [5.41, 5.74) is 3.62. The van der Waals surface area contributed by atoms with E-state index in [0.29, 0.717) is 33.4 Å². The Morgan fingerprint density at radius 1 is 0.902 bits per heavy atom. The summed E-state index contributed by atoms with van der Waals surface area (Å²) in [4.78, 5) is 28.6. The van der Waals surface area contributed by atoms with Gasteiger partial charge in [0.2, 0.25) is 11.8 Å². The van der Waals surface area contributed by atoms with Crippen LogP contribution in [0.2, 0.25) is 10.0 Å². The Labute approximate surface area is 253 Å². The van der Waals surface area contributed by atoms with E-state index < -0.39 is 28.5 Å². The van der Waals surface area contributed by atoms with Crippen LogP contribution in [-0.4, -0.2) is 44.3 Å². The molecule has 0 bridgehead atoms. The fraction of sp³-hybridized carbons (Fsp3) is 0.355. The lowest BCUT2D eigenvalue weighted by molar-refractivity contribution is -0.139. The van der Waals surface area contributed by atoms with Gasteiger partial charge in [0, 0.05) is 13.1 Å².